The smallest absolute Gasteiger partial charge is 0.231 e. The summed E-state index contributed by atoms with van der Waals surface area (Å²) in [6.07, 6.45) is 0.748. The molecule has 0 spiro atoms. The van der Waals surface area contributed by atoms with E-state index in [2.05, 4.69) is 11.8 Å². The van der Waals surface area contributed by atoms with Gasteiger partial charge in [-0.25, -0.2) is 0 Å². The standard InChI is InChI=1S/C24H29NO7/c1-24(25-5-7-29-8-6-25)13-17(15-9-21(26-2)23(28-4)22(10-15)27-3)16-11-19-20(31-14-30-19)12-18(16)32-24/h9-12,17H,5-8,13-14H2,1-4H3/t17-,24+/m0/s1. The van der Waals surface area contributed by atoms with Crippen LogP contribution in [0.3, 0.4) is 0 Å². The van der Waals surface area contributed by atoms with Crippen LogP contribution in [-0.4, -0.2) is 65.1 Å². The van der Waals surface area contributed by atoms with Crippen LogP contribution in [0.4, 0.5) is 0 Å². The van der Waals surface area contributed by atoms with Crippen molar-refractivity contribution in [1.82, 2.24) is 4.90 Å². The molecule has 2 aromatic rings. The molecule has 3 aliphatic rings. The van der Waals surface area contributed by atoms with E-state index < -0.39 is 5.72 Å². The zero-order valence-corrected chi connectivity index (χ0v) is 18.9. The molecule has 0 N–H and O–H groups in total. The fourth-order valence-electron chi connectivity index (χ4n) is 4.90. The molecule has 32 heavy (non-hydrogen) atoms. The summed E-state index contributed by atoms with van der Waals surface area (Å²) >= 11 is 0. The number of benzene rings is 2. The van der Waals surface area contributed by atoms with Crippen molar-refractivity contribution >= 4 is 0 Å². The van der Waals surface area contributed by atoms with Crippen molar-refractivity contribution in [3.63, 3.8) is 0 Å². The lowest BCUT2D eigenvalue weighted by Crippen LogP contribution is -2.57. The normalized spacial score (nSPS) is 24.4. The maximum atomic E-state index is 6.64. The topological polar surface area (TPSA) is 67.9 Å². The molecule has 0 bridgehead atoms. The molecule has 172 valence electrons. The summed E-state index contributed by atoms with van der Waals surface area (Å²) < 4.78 is 40.3. The number of nitrogens with zero attached hydrogens (tertiary/aromatic N) is 1. The minimum atomic E-state index is -0.504. The predicted octanol–water partition coefficient (Wildman–Crippen LogP) is 3.40. The molecule has 1 saturated heterocycles. The van der Waals surface area contributed by atoms with Gasteiger partial charge in [-0.05, 0) is 30.7 Å². The third-order valence-corrected chi connectivity index (χ3v) is 6.56. The first-order chi connectivity index (χ1) is 15.6. The quantitative estimate of drug-likeness (QED) is 0.697. The van der Waals surface area contributed by atoms with Crippen LogP contribution in [0.2, 0.25) is 0 Å². The lowest BCUT2D eigenvalue weighted by molar-refractivity contribution is -0.124. The molecule has 8 heteroatoms. The molecular formula is C24H29NO7. The molecule has 3 aliphatic heterocycles. The molecule has 2 atom stereocenters. The molecule has 3 heterocycles. The third-order valence-electron chi connectivity index (χ3n) is 6.56. The summed E-state index contributed by atoms with van der Waals surface area (Å²) in [4.78, 5) is 2.36. The van der Waals surface area contributed by atoms with Crippen molar-refractivity contribution in [3.05, 3.63) is 35.4 Å². The van der Waals surface area contributed by atoms with E-state index in [1.807, 2.05) is 24.3 Å². The highest BCUT2D eigenvalue weighted by Gasteiger charge is 2.44. The minimum Gasteiger partial charge on any atom is -0.493 e. The average molecular weight is 443 g/mol. The Bertz CT molecular complexity index is 979. The van der Waals surface area contributed by atoms with Crippen LogP contribution < -0.4 is 28.4 Å². The Hall–Kier alpha value is -2.84. The molecule has 0 unspecified atom stereocenters. The van der Waals surface area contributed by atoms with Crippen LogP contribution in [-0.2, 0) is 4.74 Å². The number of morpholine rings is 1. The number of rotatable bonds is 5. The largest absolute Gasteiger partial charge is 0.493 e. The van der Waals surface area contributed by atoms with Gasteiger partial charge >= 0.3 is 0 Å². The second kappa shape index (κ2) is 8.26. The fraction of sp³-hybridized carbons (Fsp3) is 0.500. The van der Waals surface area contributed by atoms with Crippen LogP contribution in [0.5, 0.6) is 34.5 Å². The van der Waals surface area contributed by atoms with Gasteiger partial charge in [-0.3, -0.25) is 4.90 Å². The third kappa shape index (κ3) is 3.47. The first-order valence-electron chi connectivity index (χ1n) is 10.8. The van der Waals surface area contributed by atoms with Crippen molar-refractivity contribution in [1.29, 1.82) is 0 Å². The number of hydrogen-bond donors (Lipinski definition) is 0. The van der Waals surface area contributed by atoms with Gasteiger partial charge in [0.2, 0.25) is 12.5 Å². The second-order valence-corrected chi connectivity index (χ2v) is 8.34. The first kappa shape index (κ1) is 21.0. The van der Waals surface area contributed by atoms with Gasteiger partial charge in [-0.1, -0.05) is 0 Å². The van der Waals surface area contributed by atoms with Gasteiger partial charge in [-0.2, -0.15) is 0 Å². The molecule has 0 aromatic heterocycles. The van der Waals surface area contributed by atoms with Crippen molar-refractivity contribution in [2.75, 3.05) is 54.4 Å². The number of methoxy groups -OCH3 is 3. The van der Waals surface area contributed by atoms with E-state index in [1.165, 1.54) is 0 Å². The maximum Gasteiger partial charge on any atom is 0.231 e. The molecular weight excluding hydrogens is 414 g/mol. The Morgan fingerprint density at radius 2 is 1.53 bits per heavy atom. The number of fused-ring (bicyclic) bond motifs is 2. The van der Waals surface area contributed by atoms with Crippen LogP contribution >= 0.6 is 0 Å². The Morgan fingerprint density at radius 1 is 0.875 bits per heavy atom. The first-order valence-corrected chi connectivity index (χ1v) is 10.8. The average Bonchev–Trinajstić information content (AvgIpc) is 3.29. The number of ether oxygens (including phenoxy) is 7. The number of hydrogen-bond acceptors (Lipinski definition) is 8. The summed E-state index contributed by atoms with van der Waals surface area (Å²) in [7, 11) is 4.88. The van der Waals surface area contributed by atoms with Gasteiger partial charge < -0.3 is 33.2 Å². The minimum absolute atomic E-state index is 0.0230. The van der Waals surface area contributed by atoms with Crippen LogP contribution in [0, 0.1) is 0 Å². The lowest BCUT2D eigenvalue weighted by Gasteiger charge is -2.48. The molecule has 2 aromatic carbocycles. The van der Waals surface area contributed by atoms with Gasteiger partial charge in [0.1, 0.15) is 5.75 Å². The van der Waals surface area contributed by atoms with E-state index in [1.54, 1.807) is 21.3 Å². The maximum absolute atomic E-state index is 6.64. The van der Waals surface area contributed by atoms with Crippen molar-refractivity contribution < 1.29 is 33.2 Å². The zero-order chi connectivity index (χ0) is 22.3. The van der Waals surface area contributed by atoms with Gasteiger partial charge in [0.25, 0.3) is 0 Å². The summed E-state index contributed by atoms with van der Waals surface area (Å²) in [5.74, 6) is 4.10. The molecule has 5 rings (SSSR count). The Morgan fingerprint density at radius 3 is 2.16 bits per heavy atom. The highest BCUT2D eigenvalue weighted by molar-refractivity contribution is 5.60. The second-order valence-electron chi connectivity index (χ2n) is 8.34. The molecule has 1 fully saturated rings. The van der Waals surface area contributed by atoms with Gasteiger partial charge in [0, 0.05) is 37.1 Å². The van der Waals surface area contributed by atoms with Crippen molar-refractivity contribution in [2.45, 2.75) is 25.0 Å². The molecule has 0 aliphatic carbocycles. The van der Waals surface area contributed by atoms with Gasteiger partial charge in [0.05, 0.1) is 34.5 Å². The van der Waals surface area contributed by atoms with E-state index in [-0.39, 0.29) is 12.7 Å². The highest BCUT2D eigenvalue weighted by Crippen LogP contribution is 2.52. The monoisotopic (exact) mass is 443 g/mol. The van der Waals surface area contributed by atoms with Crippen molar-refractivity contribution in [3.8, 4) is 34.5 Å². The Kier molecular flexibility index (Phi) is 5.43. The van der Waals surface area contributed by atoms with Gasteiger partial charge in [0.15, 0.2) is 28.7 Å². The summed E-state index contributed by atoms with van der Waals surface area (Å²) in [5.41, 5.74) is 1.60. The fourth-order valence-corrected chi connectivity index (χ4v) is 4.90. The molecule has 0 radical (unpaired) electrons. The Labute approximate surface area is 187 Å². The van der Waals surface area contributed by atoms with E-state index in [4.69, 9.17) is 33.2 Å². The van der Waals surface area contributed by atoms with E-state index >= 15 is 0 Å². The van der Waals surface area contributed by atoms with E-state index in [9.17, 15) is 0 Å². The predicted molar refractivity (Wildman–Crippen MR) is 117 cm³/mol. The van der Waals surface area contributed by atoms with Crippen LogP contribution in [0.1, 0.15) is 30.4 Å². The molecule has 0 amide bonds. The SMILES string of the molecule is COc1cc([C@@H]2C[C@](C)(N3CCOCC3)Oc3cc4c(cc32)OCO4)cc(OC)c1OC. The van der Waals surface area contributed by atoms with Crippen molar-refractivity contribution in [2.24, 2.45) is 0 Å². The van der Waals surface area contributed by atoms with E-state index in [0.29, 0.717) is 36.2 Å². The Balaban J connectivity index is 1.63. The lowest BCUT2D eigenvalue weighted by atomic mass is 9.81. The molecule has 0 saturated carbocycles. The summed E-state index contributed by atoms with van der Waals surface area (Å²) in [6.45, 7) is 5.39. The zero-order valence-electron chi connectivity index (χ0n) is 18.9. The highest BCUT2D eigenvalue weighted by atomic mass is 16.7. The summed E-state index contributed by atoms with van der Waals surface area (Å²) in [5, 5.41) is 0. The van der Waals surface area contributed by atoms with E-state index in [0.717, 1.165) is 42.1 Å². The summed E-state index contributed by atoms with van der Waals surface area (Å²) in [6, 6.07) is 8.02. The van der Waals surface area contributed by atoms with Crippen LogP contribution in [0.15, 0.2) is 24.3 Å². The molecule has 8 nitrogen and oxygen atoms in total. The van der Waals surface area contributed by atoms with Crippen LogP contribution in [0.25, 0.3) is 0 Å². The van der Waals surface area contributed by atoms with Gasteiger partial charge in [-0.15, -0.1) is 0 Å².